The molecule has 0 bridgehead atoms. The van der Waals surface area contributed by atoms with Crippen molar-refractivity contribution < 1.29 is 34.4 Å². The fourth-order valence-electron chi connectivity index (χ4n) is 4.49. The van der Waals surface area contributed by atoms with Crippen molar-refractivity contribution in [2.75, 3.05) is 0 Å². The molecule has 1 aliphatic carbocycles. The van der Waals surface area contributed by atoms with Gasteiger partial charge in [-0.3, -0.25) is 0 Å². The van der Waals surface area contributed by atoms with Crippen LogP contribution in [0.1, 0.15) is 42.2 Å². The Labute approximate surface area is 199 Å². The predicted octanol–water partition coefficient (Wildman–Crippen LogP) is 5.81. The van der Waals surface area contributed by atoms with E-state index in [1.54, 1.807) is 24.3 Å². The second kappa shape index (κ2) is 8.46. The van der Waals surface area contributed by atoms with Crippen LogP contribution < -0.4 is 4.74 Å². The lowest BCUT2D eigenvalue weighted by atomic mass is 9.92. The molecule has 0 saturated carbocycles. The minimum atomic E-state index is -1.37. The molecule has 0 heterocycles. The Bertz CT molecular complexity index is 1520. The number of carboxylic acids is 3. The Morgan fingerprint density at radius 2 is 1.29 bits per heavy atom. The van der Waals surface area contributed by atoms with Crippen LogP contribution in [-0.2, 0) is 6.42 Å². The van der Waals surface area contributed by atoms with E-state index in [1.807, 2.05) is 36.4 Å². The Hall–Kier alpha value is -4.91. The second-order valence-corrected chi connectivity index (χ2v) is 8.10. The van der Waals surface area contributed by atoms with Crippen molar-refractivity contribution in [2.24, 2.45) is 0 Å². The Morgan fingerprint density at radius 3 is 1.97 bits per heavy atom. The summed E-state index contributed by atoms with van der Waals surface area (Å²) in [4.78, 5) is 34.9. The van der Waals surface area contributed by atoms with E-state index in [9.17, 15) is 24.6 Å². The first-order valence-corrected chi connectivity index (χ1v) is 10.7. The highest BCUT2D eigenvalue weighted by molar-refractivity contribution is 6.02. The summed E-state index contributed by atoms with van der Waals surface area (Å²) in [5.74, 6) is -3.15. The van der Waals surface area contributed by atoms with Gasteiger partial charge in [0.15, 0.2) is 0 Å². The summed E-state index contributed by atoms with van der Waals surface area (Å²) in [6.45, 7) is 0. The molecular formula is C28H18O7. The van der Waals surface area contributed by atoms with Gasteiger partial charge < -0.3 is 20.1 Å². The molecule has 5 rings (SSSR count). The van der Waals surface area contributed by atoms with Gasteiger partial charge >= 0.3 is 17.9 Å². The molecule has 0 amide bonds. The number of ether oxygens (including phenoxy) is 1. The third kappa shape index (κ3) is 3.89. The molecule has 0 atom stereocenters. The van der Waals surface area contributed by atoms with Crippen molar-refractivity contribution in [3.63, 3.8) is 0 Å². The van der Waals surface area contributed by atoms with Crippen LogP contribution >= 0.6 is 0 Å². The van der Waals surface area contributed by atoms with Crippen molar-refractivity contribution in [1.29, 1.82) is 0 Å². The summed E-state index contributed by atoms with van der Waals surface area (Å²) in [6, 6.07) is 22.1. The molecule has 4 aromatic carbocycles. The van der Waals surface area contributed by atoms with Crippen LogP contribution in [0.5, 0.6) is 11.5 Å². The molecule has 7 nitrogen and oxygen atoms in total. The molecule has 0 aliphatic heterocycles. The highest BCUT2D eigenvalue weighted by Crippen LogP contribution is 2.42. The van der Waals surface area contributed by atoms with E-state index in [-0.39, 0.29) is 22.4 Å². The molecule has 4 aromatic rings. The third-order valence-corrected chi connectivity index (χ3v) is 6.05. The lowest BCUT2D eigenvalue weighted by molar-refractivity contribution is 0.0651. The molecule has 1 aliphatic rings. The number of rotatable bonds is 6. The zero-order valence-corrected chi connectivity index (χ0v) is 18.2. The average Bonchev–Trinajstić information content (AvgIpc) is 3.22. The Morgan fingerprint density at radius 1 is 0.629 bits per heavy atom. The lowest BCUT2D eigenvalue weighted by Crippen LogP contribution is -2.07. The van der Waals surface area contributed by atoms with Crippen molar-refractivity contribution in [2.45, 2.75) is 6.42 Å². The van der Waals surface area contributed by atoms with Gasteiger partial charge in [-0.05, 0) is 70.1 Å². The second-order valence-electron chi connectivity index (χ2n) is 8.10. The summed E-state index contributed by atoms with van der Waals surface area (Å²) in [6.07, 6.45) is 0.556. The van der Waals surface area contributed by atoms with Crippen molar-refractivity contribution in [1.82, 2.24) is 0 Å². The van der Waals surface area contributed by atoms with Gasteiger partial charge in [0.1, 0.15) is 11.5 Å². The molecule has 0 radical (unpaired) electrons. The maximum absolute atomic E-state index is 12.3. The molecule has 7 heteroatoms. The van der Waals surface area contributed by atoms with Crippen molar-refractivity contribution >= 4 is 17.9 Å². The van der Waals surface area contributed by atoms with Gasteiger partial charge in [0.2, 0.25) is 0 Å². The third-order valence-electron chi connectivity index (χ3n) is 6.05. The molecule has 0 spiro atoms. The fourth-order valence-corrected chi connectivity index (χ4v) is 4.49. The number of benzene rings is 4. The number of carboxylic acid groups (broad SMARTS) is 3. The van der Waals surface area contributed by atoms with Crippen molar-refractivity contribution in [3.05, 3.63) is 107 Å². The maximum atomic E-state index is 12.3. The lowest BCUT2D eigenvalue weighted by Gasteiger charge is -2.13. The molecule has 35 heavy (non-hydrogen) atoms. The summed E-state index contributed by atoms with van der Waals surface area (Å²) in [5, 5.41) is 28.5. The molecule has 0 fully saturated rings. The minimum absolute atomic E-state index is 0.168. The first-order valence-electron chi connectivity index (χ1n) is 10.7. The van der Waals surface area contributed by atoms with Gasteiger partial charge in [-0.1, -0.05) is 48.5 Å². The van der Waals surface area contributed by atoms with Crippen LogP contribution in [0.25, 0.3) is 22.3 Å². The molecule has 172 valence electrons. The van der Waals surface area contributed by atoms with E-state index in [0.29, 0.717) is 23.3 Å². The summed E-state index contributed by atoms with van der Waals surface area (Å²) in [5.41, 5.74) is 4.71. The quantitative estimate of drug-likeness (QED) is 0.289. The SMILES string of the molecule is O=C(O)c1ccc(Oc2ccc(-c3ccc4c(c3C(=O)O)Cc3ccccc3-4)cc2)cc1C(=O)O. The minimum Gasteiger partial charge on any atom is -0.478 e. The zero-order chi connectivity index (χ0) is 24.7. The topological polar surface area (TPSA) is 121 Å². The molecule has 0 aromatic heterocycles. The van der Waals surface area contributed by atoms with Gasteiger partial charge in [-0.2, -0.15) is 0 Å². The Kier molecular flexibility index (Phi) is 5.30. The number of hydrogen-bond acceptors (Lipinski definition) is 4. The largest absolute Gasteiger partial charge is 0.478 e. The van der Waals surface area contributed by atoms with E-state index in [1.165, 1.54) is 12.1 Å². The standard InChI is InChI=1S/C28H18O7/c29-26(30)22-10-9-18(14-24(22)27(31)32)35-17-7-5-15(6-8-17)20-11-12-21-19-4-2-1-3-16(19)13-23(21)25(20)28(33)34/h1-12,14H,13H2,(H,29,30)(H,31,32)(H,33,34). The van der Waals surface area contributed by atoms with Crippen LogP contribution in [0.3, 0.4) is 0 Å². The number of aromatic carboxylic acids is 3. The predicted molar refractivity (Wildman–Crippen MR) is 128 cm³/mol. The highest BCUT2D eigenvalue weighted by Gasteiger charge is 2.26. The van der Waals surface area contributed by atoms with E-state index >= 15 is 0 Å². The van der Waals surface area contributed by atoms with Gasteiger partial charge in [-0.25, -0.2) is 14.4 Å². The maximum Gasteiger partial charge on any atom is 0.336 e. The van der Waals surface area contributed by atoms with Gasteiger partial charge in [-0.15, -0.1) is 0 Å². The van der Waals surface area contributed by atoms with Crippen LogP contribution in [0, 0.1) is 0 Å². The van der Waals surface area contributed by atoms with Crippen molar-refractivity contribution in [3.8, 4) is 33.8 Å². The van der Waals surface area contributed by atoms with E-state index < -0.39 is 17.9 Å². The molecular weight excluding hydrogens is 448 g/mol. The van der Waals surface area contributed by atoms with Crippen LogP contribution in [0.4, 0.5) is 0 Å². The van der Waals surface area contributed by atoms with Crippen LogP contribution in [0.15, 0.2) is 78.9 Å². The van der Waals surface area contributed by atoms with E-state index in [0.717, 1.165) is 28.3 Å². The monoisotopic (exact) mass is 466 g/mol. The molecule has 0 saturated heterocycles. The average molecular weight is 466 g/mol. The fraction of sp³-hybridized carbons (Fsp3) is 0.0357. The van der Waals surface area contributed by atoms with Crippen LogP contribution in [-0.4, -0.2) is 33.2 Å². The number of hydrogen-bond donors (Lipinski definition) is 3. The first-order chi connectivity index (χ1) is 16.8. The van der Waals surface area contributed by atoms with Gasteiger partial charge in [0.25, 0.3) is 0 Å². The zero-order valence-electron chi connectivity index (χ0n) is 18.2. The molecule has 0 unspecified atom stereocenters. The summed E-state index contributed by atoms with van der Waals surface area (Å²) < 4.78 is 5.72. The Balaban J connectivity index is 1.47. The van der Waals surface area contributed by atoms with Crippen LogP contribution in [0.2, 0.25) is 0 Å². The first kappa shape index (κ1) is 21.9. The molecule has 3 N–H and O–H groups in total. The summed E-state index contributed by atoms with van der Waals surface area (Å²) in [7, 11) is 0. The number of carbonyl (C=O) groups is 3. The van der Waals surface area contributed by atoms with Gasteiger partial charge in [0, 0.05) is 0 Å². The van der Waals surface area contributed by atoms with E-state index in [2.05, 4.69) is 0 Å². The normalized spacial score (nSPS) is 11.4. The highest BCUT2D eigenvalue weighted by atomic mass is 16.5. The smallest absolute Gasteiger partial charge is 0.336 e. The summed E-state index contributed by atoms with van der Waals surface area (Å²) >= 11 is 0. The van der Waals surface area contributed by atoms with Gasteiger partial charge in [0.05, 0.1) is 16.7 Å². The van der Waals surface area contributed by atoms with E-state index in [4.69, 9.17) is 9.84 Å². The number of fused-ring (bicyclic) bond motifs is 3.